The van der Waals surface area contributed by atoms with Crippen molar-refractivity contribution in [3.05, 3.63) is 65.0 Å². The zero-order valence-electron chi connectivity index (χ0n) is 13.4. The minimum absolute atomic E-state index is 0.182. The molecule has 0 spiro atoms. The predicted molar refractivity (Wildman–Crippen MR) is 93.5 cm³/mol. The van der Waals surface area contributed by atoms with Gasteiger partial charge in [0.15, 0.2) is 0 Å². The second-order valence-corrected chi connectivity index (χ2v) is 6.20. The molecular formula is C19H20FN3. The molecule has 0 aromatic heterocycles. The van der Waals surface area contributed by atoms with Gasteiger partial charge in [-0.15, -0.1) is 0 Å². The van der Waals surface area contributed by atoms with E-state index in [2.05, 4.69) is 30.1 Å². The Labute approximate surface area is 135 Å². The molecule has 0 atom stereocenters. The highest BCUT2D eigenvalue weighted by atomic mass is 19.1. The van der Waals surface area contributed by atoms with Crippen molar-refractivity contribution in [2.45, 2.75) is 26.7 Å². The average molecular weight is 309 g/mol. The standard InChI is InChI=1S/C19H20FN3/c1-12(2)18-11-19(23-22-18)15-5-3-4-13(9-15)8-14-6-7-17(21)16(20)10-14/h3-7,9-10,12H,8,11,21H2,1-2H3. The van der Waals surface area contributed by atoms with Gasteiger partial charge in [0, 0.05) is 12.1 Å². The van der Waals surface area contributed by atoms with Crippen LogP contribution in [0.3, 0.4) is 0 Å². The van der Waals surface area contributed by atoms with Crippen molar-refractivity contribution in [3.8, 4) is 0 Å². The van der Waals surface area contributed by atoms with E-state index in [1.165, 1.54) is 6.07 Å². The first-order valence-electron chi connectivity index (χ1n) is 7.79. The van der Waals surface area contributed by atoms with Crippen molar-refractivity contribution in [1.29, 1.82) is 0 Å². The van der Waals surface area contributed by atoms with E-state index in [1.54, 1.807) is 6.07 Å². The lowest BCUT2D eigenvalue weighted by atomic mass is 9.96. The summed E-state index contributed by atoms with van der Waals surface area (Å²) in [5.41, 5.74) is 10.9. The van der Waals surface area contributed by atoms with Gasteiger partial charge in [0.1, 0.15) is 5.82 Å². The summed E-state index contributed by atoms with van der Waals surface area (Å²) < 4.78 is 13.6. The van der Waals surface area contributed by atoms with Crippen LogP contribution < -0.4 is 5.73 Å². The third-order valence-corrected chi connectivity index (χ3v) is 4.05. The third-order valence-electron chi connectivity index (χ3n) is 4.05. The molecule has 0 fully saturated rings. The topological polar surface area (TPSA) is 50.7 Å². The minimum atomic E-state index is -0.367. The van der Waals surface area contributed by atoms with Crippen LogP contribution in [-0.2, 0) is 6.42 Å². The summed E-state index contributed by atoms with van der Waals surface area (Å²) in [6.07, 6.45) is 1.47. The van der Waals surface area contributed by atoms with Crippen LogP contribution in [0, 0.1) is 11.7 Å². The number of nitrogens with zero attached hydrogens (tertiary/aromatic N) is 2. The van der Waals surface area contributed by atoms with Gasteiger partial charge < -0.3 is 5.73 Å². The Morgan fingerprint density at radius 3 is 2.57 bits per heavy atom. The van der Waals surface area contributed by atoms with Crippen LogP contribution in [0.15, 0.2) is 52.7 Å². The summed E-state index contributed by atoms with van der Waals surface area (Å²) in [4.78, 5) is 0. The maximum Gasteiger partial charge on any atom is 0.146 e. The summed E-state index contributed by atoms with van der Waals surface area (Å²) in [7, 11) is 0. The van der Waals surface area contributed by atoms with E-state index in [9.17, 15) is 4.39 Å². The lowest BCUT2D eigenvalue weighted by Crippen LogP contribution is -2.09. The molecule has 0 saturated carbocycles. The van der Waals surface area contributed by atoms with E-state index in [1.807, 2.05) is 24.3 Å². The molecule has 2 aromatic rings. The van der Waals surface area contributed by atoms with Crippen molar-refractivity contribution < 1.29 is 4.39 Å². The Bertz CT molecular complexity index is 791. The highest BCUT2D eigenvalue weighted by molar-refractivity contribution is 6.15. The summed E-state index contributed by atoms with van der Waals surface area (Å²) in [5.74, 6) is 0.0472. The van der Waals surface area contributed by atoms with Crippen LogP contribution in [0.4, 0.5) is 10.1 Å². The summed E-state index contributed by atoms with van der Waals surface area (Å²) >= 11 is 0. The molecule has 2 N–H and O–H groups in total. The van der Waals surface area contributed by atoms with Crippen LogP contribution in [-0.4, -0.2) is 11.4 Å². The van der Waals surface area contributed by atoms with Crippen molar-refractivity contribution in [3.63, 3.8) is 0 Å². The summed E-state index contributed by atoms with van der Waals surface area (Å²) in [6.45, 7) is 4.26. The Morgan fingerprint density at radius 2 is 1.87 bits per heavy atom. The van der Waals surface area contributed by atoms with Crippen LogP contribution in [0.25, 0.3) is 0 Å². The van der Waals surface area contributed by atoms with Gasteiger partial charge in [0.2, 0.25) is 0 Å². The first-order valence-corrected chi connectivity index (χ1v) is 7.79. The Balaban J connectivity index is 1.77. The SMILES string of the molecule is CC(C)C1=NN=C(c2cccc(Cc3ccc(N)c(F)c3)c2)C1. The van der Waals surface area contributed by atoms with Gasteiger partial charge in [0.05, 0.1) is 11.4 Å². The van der Waals surface area contributed by atoms with Crippen LogP contribution >= 0.6 is 0 Å². The molecule has 0 saturated heterocycles. The molecule has 1 aliphatic heterocycles. The fraction of sp³-hybridized carbons (Fsp3) is 0.263. The van der Waals surface area contributed by atoms with Crippen LogP contribution in [0.2, 0.25) is 0 Å². The fourth-order valence-electron chi connectivity index (χ4n) is 2.62. The molecule has 0 amide bonds. The Hall–Kier alpha value is -2.49. The lowest BCUT2D eigenvalue weighted by Gasteiger charge is -2.07. The minimum Gasteiger partial charge on any atom is -0.396 e. The number of nitrogen functional groups attached to an aromatic ring is 1. The van der Waals surface area contributed by atoms with Gasteiger partial charge in [-0.3, -0.25) is 0 Å². The molecule has 1 aliphatic rings. The zero-order valence-corrected chi connectivity index (χ0v) is 13.4. The second-order valence-electron chi connectivity index (χ2n) is 6.20. The molecule has 0 radical (unpaired) electrons. The summed E-state index contributed by atoms with van der Waals surface area (Å²) in [5, 5.41) is 8.58. The maximum atomic E-state index is 13.6. The van der Waals surface area contributed by atoms with E-state index < -0.39 is 0 Å². The van der Waals surface area contributed by atoms with E-state index in [4.69, 9.17) is 5.73 Å². The highest BCUT2D eigenvalue weighted by Gasteiger charge is 2.17. The Kier molecular flexibility index (Phi) is 4.24. The van der Waals surface area contributed by atoms with Crippen LogP contribution in [0.1, 0.15) is 37.0 Å². The van der Waals surface area contributed by atoms with Crippen LogP contribution in [0.5, 0.6) is 0 Å². The maximum absolute atomic E-state index is 13.6. The average Bonchev–Trinajstić information content (AvgIpc) is 3.01. The molecule has 0 unspecified atom stereocenters. The smallest absolute Gasteiger partial charge is 0.146 e. The van der Waals surface area contributed by atoms with Crippen molar-refractivity contribution in [2.24, 2.45) is 16.1 Å². The van der Waals surface area contributed by atoms with E-state index in [0.717, 1.165) is 34.5 Å². The van der Waals surface area contributed by atoms with Gasteiger partial charge in [0.25, 0.3) is 0 Å². The van der Waals surface area contributed by atoms with Crippen molar-refractivity contribution in [2.75, 3.05) is 5.73 Å². The molecule has 2 aromatic carbocycles. The molecule has 3 rings (SSSR count). The Morgan fingerprint density at radius 1 is 1.09 bits per heavy atom. The van der Waals surface area contributed by atoms with E-state index >= 15 is 0 Å². The van der Waals surface area contributed by atoms with Gasteiger partial charge in [-0.1, -0.05) is 38.1 Å². The first kappa shape index (κ1) is 15.4. The first-order chi connectivity index (χ1) is 11.0. The largest absolute Gasteiger partial charge is 0.396 e. The van der Waals surface area contributed by atoms with E-state index in [-0.39, 0.29) is 11.5 Å². The zero-order chi connectivity index (χ0) is 16.4. The predicted octanol–water partition coefficient (Wildman–Crippen LogP) is 4.20. The molecule has 23 heavy (non-hydrogen) atoms. The molecule has 1 heterocycles. The number of hydrogen-bond donors (Lipinski definition) is 1. The second kappa shape index (κ2) is 6.32. The molecule has 4 heteroatoms. The number of nitrogens with two attached hydrogens (primary N) is 1. The number of rotatable bonds is 4. The molecule has 118 valence electrons. The molecular weight excluding hydrogens is 289 g/mol. The van der Waals surface area contributed by atoms with Gasteiger partial charge in [-0.2, -0.15) is 10.2 Å². The van der Waals surface area contributed by atoms with E-state index in [0.29, 0.717) is 12.3 Å². The number of anilines is 1. The summed E-state index contributed by atoms with van der Waals surface area (Å²) in [6, 6.07) is 13.2. The number of halogens is 1. The quantitative estimate of drug-likeness (QED) is 0.845. The van der Waals surface area contributed by atoms with Gasteiger partial charge >= 0.3 is 0 Å². The third kappa shape index (κ3) is 3.47. The molecule has 3 nitrogen and oxygen atoms in total. The monoisotopic (exact) mass is 309 g/mol. The number of benzene rings is 2. The molecule has 0 aliphatic carbocycles. The lowest BCUT2D eigenvalue weighted by molar-refractivity contribution is 0.630. The molecule has 0 bridgehead atoms. The van der Waals surface area contributed by atoms with Gasteiger partial charge in [-0.25, -0.2) is 4.39 Å². The van der Waals surface area contributed by atoms with Gasteiger partial charge in [-0.05, 0) is 47.2 Å². The number of hydrogen-bond acceptors (Lipinski definition) is 3. The normalized spacial score (nSPS) is 14.1. The van der Waals surface area contributed by atoms with Crippen molar-refractivity contribution >= 4 is 17.1 Å². The highest BCUT2D eigenvalue weighted by Crippen LogP contribution is 2.19. The van der Waals surface area contributed by atoms with Crippen molar-refractivity contribution in [1.82, 2.24) is 0 Å². The fourth-order valence-corrected chi connectivity index (χ4v) is 2.62.